The summed E-state index contributed by atoms with van der Waals surface area (Å²) in [5.74, 6) is -0.206. The van der Waals surface area contributed by atoms with Crippen molar-refractivity contribution in [1.29, 1.82) is 0 Å². The summed E-state index contributed by atoms with van der Waals surface area (Å²) in [5, 5.41) is 8.51. The minimum absolute atomic E-state index is 0.444. The maximum absolute atomic E-state index is 12.1. The molecule has 0 atom stereocenters. The van der Waals surface area contributed by atoms with Crippen molar-refractivity contribution in [2.45, 2.75) is 13.8 Å². The van der Waals surface area contributed by atoms with Crippen LogP contribution in [0.4, 0.5) is 5.69 Å². The van der Waals surface area contributed by atoms with Gasteiger partial charge in [-0.2, -0.15) is 0 Å². The van der Waals surface area contributed by atoms with Crippen molar-refractivity contribution in [1.82, 2.24) is 15.5 Å². The predicted octanol–water partition coefficient (Wildman–Crippen LogP) is 0.444. The molecule has 3 N–H and O–H groups in total. The first-order valence-electron chi connectivity index (χ1n) is 9.06. The fourth-order valence-corrected chi connectivity index (χ4v) is 2.66. The monoisotopic (exact) mass is 364 g/mol. The SMILES string of the molecule is CCOc1ccc(NC(=O)C(=O)NCCN2CCNCC2)cc1OCC. The highest BCUT2D eigenvalue weighted by Gasteiger charge is 2.16. The summed E-state index contributed by atoms with van der Waals surface area (Å²) in [5.41, 5.74) is 0.485. The molecule has 0 aliphatic carbocycles. The summed E-state index contributed by atoms with van der Waals surface area (Å²) in [6.07, 6.45) is 0. The van der Waals surface area contributed by atoms with Crippen LogP contribution in [0.25, 0.3) is 0 Å². The molecule has 8 heteroatoms. The van der Waals surface area contributed by atoms with Crippen molar-refractivity contribution in [3.63, 3.8) is 0 Å². The van der Waals surface area contributed by atoms with Crippen molar-refractivity contribution in [2.24, 2.45) is 0 Å². The number of rotatable bonds is 8. The van der Waals surface area contributed by atoms with E-state index in [9.17, 15) is 9.59 Å². The van der Waals surface area contributed by atoms with E-state index in [0.29, 0.717) is 36.9 Å². The molecular formula is C18H28N4O4. The number of carbonyl (C=O) groups excluding carboxylic acids is 2. The number of anilines is 1. The second-order valence-electron chi connectivity index (χ2n) is 5.83. The minimum Gasteiger partial charge on any atom is -0.490 e. The Kier molecular flexibility index (Phi) is 8.17. The molecule has 2 rings (SSSR count). The maximum Gasteiger partial charge on any atom is 0.313 e. The van der Waals surface area contributed by atoms with Crippen LogP contribution in [0.3, 0.4) is 0 Å². The molecule has 1 heterocycles. The van der Waals surface area contributed by atoms with E-state index >= 15 is 0 Å². The molecular weight excluding hydrogens is 336 g/mol. The molecule has 26 heavy (non-hydrogen) atoms. The summed E-state index contributed by atoms with van der Waals surface area (Å²) in [6.45, 7) is 9.73. The van der Waals surface area contributed by atoms with Gasteiger partial charge in [0, 0.05) is 51.0 Å². The molecule has 144 valence electrons. The topological polar surface area (TPSA) is 91.9 Å². The molecule has 0 radical (unpaired) electrons. The predicted molar refractivity (Wildman–Crippen MR) is 99.7 cm³/mol. The molecule has 0 saturated carbocycles. The van der Waals surface area contributed by atoms with Crippen LogP contribution in [0, 0.1) is 0 Å². The van der Waals surface area contributed by atoms with Crippen LogP contribution >= 0.6 is 0 Å². The average molecular weight is 364 g/mol. The van der Waals surface area contributed by atoms with E-state index in [1.807, 2.05) is 13.8 Å². The number of ether oxygens (including phenoxy) is 2. The minimum atomic E-state index is -0.697. The van der Waals surface area contributed by atoms with Gasteiger partial charge >= 0.3 is 11.8 Å². The lowest BCUT2D eigenvalue weighted by atomic mass is 10.2. The molecule has 2 amide bonds. The van der Waals surface area contributed by atoms with Gasteiger partial charge in [0.15, 0.2) is 11.5 Å². The Morgan fingerprint density at radius 2 is 1.77 bits per heavy atom. The molecule has 8 nitrogen and oxygen atoms in total. The number of piperazine rings is 1. The Bertz CT molecular complexity index is 603. The molecule has 1 aliphatic rings. The van der Waals surface area contributed by atoms with Crippen molar-refractivity contribution in [3.05, 3.63) is 18.2 Å². The first-order valence-corrected chi connectivity index (χ1v) is 9.06. The number of amides is 2. The first kappa shape index (κ1) is 20.0. The van der Waals surface area contributed by atoms with E-state index in [1.165, 1.54) is 0 Å². The van der Waals surface area contributed by atoms with Gasteiger partial charge in [-0.15, -0.1) is 0 Å². The van der Waals surface area contributed by atoms with Gasteiger partial charge in [0.25, 0.3) is 0 Å². The van der Waals surface area contributed by atoms with E-state index in [-0.39, 0.29) is 0 Å². The number of benzene rings is 1. The van der Waals surface area contributed by atoms with Crippen LogP contribution in [0.15, 0.2) is 18.2 Å². The second-order valence-corrected chi connectivity index (χ2v) is 5.83. The second kappa shape index (κ2) is 10.6. The van der Waals surface area contributed by atoms with Gasteiger partial charge in [-0.25, -0.2) is 0 Å². The molecule has 0 spiro atoms. The third-order valence-electron chi connectivity index (χ3n) is 3.93. The van der Waals surface area contributed by atoms with Crippen LogP contribution in [-0.4, -0.2) is 69.2 Å². The van der Waals surface area contributed by atoms with Gasteiger partial charge in [-0.3, -0.25) is 14.5 Å². The van der Waals surface area contributed by atoms with Crippen molar-refractivity contribution in [2.75, 3.05) is 57.8 Å². The van der Waals surface area contributed by atoms with Crippen LogP contribution in [-0.2, 0) is 9.59 Å². The van der Waals surface area contributed by atoms with Gasteiger partial charge in [-0.1, -0.05) is 0 Å². The Morgan fingerprint density at radius 3 is 2.46 bits per heavy atom. The Labute approximate surface area is 154 Å². The summed E-state index contributed by atoms with van der Waals surface area (Å²) >= 11 is 0. The lowest BCUT2D eigenvalue weighted by molar-refractivity contribution is -0.136. The molecule has 1 aromatic rings. The molecule has 1 aromatic carbocycles. The lowest BCUT2D eigenvalue weighted by Crippen LogP contribution is -2.47. The van der Waals surface area contributed by atoms with Crippen molar-refractivity contribution < 1.29 is 19.1 Å². The van der Waals surface area contributed by atoms with Gasteiger partial charge in [0.05, 0.1) is 13.2 Å². The Balaban J connectivity index is 1.83. The standard InChI is InChI=1S/C18H28N4O4/c1-3-25-15-6-5-14(13-16(15)26-4-2)21-18(24)17(23)20-9-12-22-10-7-19-8-11-22/h5-6,13,19H,3-4,7-12H2,1-2H3,(H,20,23)(H,21,24). The van der Waals surface area contributed by atoms with E-state index in [0.717, 1.165) is 32.7 Å². The zero-order valence-corrected chi connectivity index (χ0v) is 15.5. The van der Waals surface area contributed by atoms with Crippen LogP contribution in [0.5, 0.6) is 11.5 Å². The molecule has 0 unspecified atom stereocenters. The molecule has 0 bridgehead atoms. The largest absolute Gasteiger partial charge is 0.490 e. The van der Waals surface area contributed by atoms with Gasteiger partial charge in [-0.05, 0) is 26.0 Å². The zero-order valence-electron chi connectivity index (χ0n) is 15.5. The quantitative estimate of drug-likeness (QED) is 0.580. The number of hydrogen-bond acceptors (Lipinski definition) is 6. The number of nitrogens with one attached hydrogen (secondary N) is 3. The van der Waals surface area contributed by atoms with Gasteiger partial charge < -0.3 is 25.4 Å². The number of hydrogen-bond donors (Lipinski definition) is 3. The molecule has 1 fully saturated rings. The summed E-state index contributed by atoms with van der Waals surface area (Å²) in [4.78, 5) is 26.3. The summed E-state index contributed by atoms with van der Waals surface area (Å²) < 4.78 is 11.0. The first-order chi connectivity index (χ1) is 12.6. The number of carbonyl (C=O) groups is 2. The lowest BCUT2D eigenvalue weighted by Gasteiger charge is -2.26. The highest BCUT2D eigenvalue weighted by molar-refractivity contribution is 6.39. The van der Waals surface area contributed by atoms with Gasteiger partial charge in [0.1, 0.15) is 0 Å². The number of nitrogens with zero attached hydrogens (tertiary/aromatic N) is 1. The summed E-state index contributed by atoms with van der Waals surface area (Å²) in [6, 6.07) is 5.05. The highest BCUT2D eigenvalue weighted by Crippen LogP contribution is 2.30. The fraction of sp³-hybridized carbons (Fsp3) is 0.556. The Hall–Kier alpha value is -2.32. The molecule has 0 aromatic heterocycles. The van der Waals surface area contributed by atoms with E-state index in [1.54, 1.807) is 18.2 Å². The maximum atomic E-state index is 12.1. The van der Waals surface area contributed by atoms with E-state index in [2.05, 4.69) is 20.9 Å². The van der Waals surface area contributed by atoms with Crippen LogP contribution in [0.2, 0.25) is 0 Å². The van der Waals surface area contributed by atoms with Crippen LogP contribution in [0.1, 0.15) is 13.8 Å². The summed E-state index contributed by atoms with van der Waals surface area (Å²) in [7, 11) is 0. The zero-order chi connectivity index (χ0) is 18.8. The fourth-order valence-electron chi connectivity index (χ4n) is 2.66. The van der Waals surface area contributed by atoms with Crippen molar-refractivity contribution >= 4 is 17.5 Å². The molecule has 1 aliphatic heterocycles. The third-order valence-corrected chi connectivity index (χ3v) is 3.93. The molecule has 1 saturated heterocycles. The van der Waals surface area contributed by atoms with E-state index in [4.69, 9.17) is 9.47 Å². The van der Waals surface area contributed by atoms with Gasteiger partial charge in [0.2, 0.25) is 0 Å². The average Bonchev–Trinajstić information content (AvgIpc) is 2.65. The highest BCUT2D eigenvalue weighted by atomic mass is 16.5. The normalized spacial score (nSPS) is 14.5. The third kappa shape index (κ3) is 6.20. The van der Waals surface area contributed by atoms with E-state index < -0.39 is 11.8 Å². The smallest absolute Gasteiger partial charge is 0.313 e. The van der Waals surface area contributed by atoms with Crippen LogP contribution < -0.4 is 25.4 Å². The Morgan fingerprint density at radius 1 is 1.08 bits per heavy atom. The van der Waals surface area contributed by atoms with Crippen molar-refractivity contribution in [3.8, 4) is 11.5 Å².